The average molecular weight is 281 g/mol. The summed E-state index contributed by atoms with van der Waals surface area (Å²) in [4.78, 5) is 10.9. The lowest BCUT2D eigenvalue weighted by Crippen LogP contribution is -2.50. The molecule has 19 heavy (non-hydrogen) atoms. The van der Waals surface area contributed by atoms with Crippen molar-refractivity contribution in [2.24, 2.45) is 0 Å². The van der Waals surface area contributed by atoms with Crippen molar-refractivity contribution in [1.29, 1.82) is 0 Å². The molecule has 1 N–H and O–H groups in total. The molecule has 0 aromatic carbocycles. The van der Waals surface area contributed by atoms with Crippen LogP contribution in [0.4, 0.5) is 0 Å². The van der Waals surface area contributed by atoms with Crippen LogP contribution >= 0.6 is 11.3 Å². The molecule has 1 aliphatic carbocycles. The summed E-state index contributed by atoms with van der Waals surface area (Å²) in [6, 6.07) is 0.559. The summed E-state index contributed by atoms with van der Waals surface area (Å²) >= 11 is 1.82. The van der Waals surface area contributed by atoms with Crippen LogP contribution < -0.4 is 0 Å². The Kier molecular flexibility index (Phi) is 3.89. The van der Waals surface area contributed by atoms with Gasteiger partial charge in [-0.05, 0) is 33.4 Å². The van der Waals surface area contributed by atoms with E-state index in [0.29, 0.717) is 6.04 Å². The highest BCUT2D eigenvalue weighted by Crippen LogP contribution is 2.33. The molecule has 2 aliphatic rings. The van der Waals surface area contributed by atoms with Crippen molar-refractivity contribution in [1.82, 2.24) is 14.8 Å². The predicted molar refractivity (Wildman–Crippen MR) is 77.6 cm³/mol. The molecule has 1 aromatic heterocycles. The van der Waals surface area contributed by atoms with Crippen molar-refractivity contribution in [3.8, 4) is 0 Å². The van der Waals surface area contributed by atoms with Gasteiger partial charge in [0.25, 0.3) is 0 Å². The van der Waals surface area contributed by atoms with E-state index in [2.05, 4.69) is 23.9 Å². The van der Waals surface area contributed by atoms with Crippen LogP contribution in [0.2, 0.25) is 0 Å². The highest BCUT2D eigenvalue weighted by Gasteiger charge is 2.26. The maximum Gasteiger partial charge on any atom is 0.0971 e. The molecule has 2 heterocycles. The number of aryl methyl sites for hydroxylation is 1. The zero-order valence-corrected chi connectivity index (χ0v) is 12.6. The zero-order chi connectivity index (χ0) is 13.4. The van der Waals surface area contributed by atoms with Crippen molar-refractivity contribution in [3.05, 3.63) is 15.6 Å². The van der Waals surface area contributed by atoms with Crippen LogP contribution in [0.5, 0.6) is 0 Å². The summed E-state index contributed by atoms with van der Waals surface area (Å²) in [5.41, 5.74) is 0.970. The van der Waals surface area contributed by atoms with E-state index in [-0.39, 0.29) is 6.10 Å². The molecule has 1 fully saturated rings. The molecule has 2 unspecified atom stereocenters. The summed E-state index contributed by atoms with van der Waals surface area (Å²) in [5.74, 6) is 0. The first kappa shape index (κ1) is 13.5. The van der Waals surface area contributed by atoms with E-state index in [1.54, 1.807) is 0 Å². The van der Waals surface area contributed by atoms with Crippen LogP contribution in [0.15, 0.2) is 0 Å². The number of hydrogen-bond donors (Lipinski definition) is 1. The minimum Gasteiger partial charge on any atom is -0.387 e. The fourth-order valence-corrected chi connectivity index (χ4v) is 4.29. The van der Waals surface area contributed by atoms with Gasteiger partial charge in [-0.2, -0.15) is 0 Å². The third-order valence-electron chi connectivity index (χ3n) is 4.36. The van der Waals surface area contributed by atoms with E-state index in [0.717, 1.165) is 51.0 Å². The second-order valence-corrected chi connectivity index (χ2v) is 7.09. The molecule has 0 saturated carbocycles. The van der Waals surface area contributed by atoms with Crippen molar-refractivity contribution < 1.29 is 5.11 Å². The lowest BCUT2D eigenvalue weighted by atomic mass is 10.0. The van der Waals surface area contributed by atoms with Crippen LogP contribution in [0.25, 0.3) is 0 Å². The first-order valence-electron chi connectivity index (χ1n) is 7.19. The second kappa shape index (κ2) is 5.48. The van der Waals surface area contributed by atoms with Crippen molar-refractivity contribution in [2.75, 3.05) is 33.7 Å². The van der Waals surface area contributed by atoms with Gasteiger partial charge in [0.2, 0.25) is 0 Å². The van der Waals surface area contributed by atoms with Gasteiger partial charge in [-0.1, -0.05) is 0 Å². The molecule has 0 radical (unpaired) electrons. The van der Waals surface area contributed by atoms with Crippen LogP contribution in [0.3, 0.4) is 0 Å². The Labute approximate surface area is 119 Å². The van der Waals surface area contributed by atoms with Gasteiger partial charge >= 0.3 is 0 Å². The normalized spacial score (nSPS) is 29.4. The number of nitrogens with zero attached hydrogens (tertiary/aromatic N) is 3. The fraction of sp³-hybridized carbons (Fsp3) is 0.786. The zero-order valence-electron chi connectivity index (χ0n) is 11.8. The van der Waals surface area contributed by atoms with Gasteiger partial charge in [-0.15, -0.1) is 11.3 Å². The topological polar surface area (TPSA) is 39.6 Å². The maximum absolute atomic E-state index is 10.0. The van der Waals surface area contributed by atoms with Gasteiger partial charge < -0.3 is 14.9 Å². The molecule has 1 aliphatic heterocycles. The number of fused-ring (bicyclic) bond motifs is 1. The Morgan fingerprint density at radius 3 is 3.00 bits per heavy atom. The smallest absolute Gasteiger partial charge is 0.0971 e. The van der Waals surface area contributed by atoms with Crippen LogP contribution in [0.1, 0.15) is 34.5 Å². The number of hydrogen-bond acceptors (Lipinski definition) is 5. The van der Waals surface area contributed by atoms with Gasteiger partial charge in [0.1, 0.15) is 0 Å². The lowest BCUT2D eigenvalue weighted by Gasteiger charge is -2.37. The molecule has 3 rings (SSSR count). The van der Waals surface area contributed by atoms with Gasteiger partial charge in [-0.25, -0.2) is 4.98 Å². The van der Waals surface area contributed by atoms with E-state index in [1.165, 1.54) is 9.88 Å². The summed E-state index contributed by atoms with van der Waals surface area (Å²) in [5, 5.41) is 11.2. The van der Waals surface area contributed by atoms with Crippen molar-refractivity contribution in [3.63, 3.8) is 0 Å². The third-order valence-corrected chi connectivity index (χ3v) is 5.51. The summed E-state index contributed by atoms with van der Waals surface area (Å²) < 4.78 is 0. The number of aromatic nitrogens is 1. The molecule has 5 heteroatoms. The minimum absolute atomic E-state index is 0.319. The first-order valence-corrected chi connectivity index (χ1v) is 8.00. The van der Waals surface area contributed by atoms with Gasteiger partial charge in [0.15, 0.2) is 0 Å². The van der Waals surface area contributed by atoms with E-state index in [4.69, 9.17) is 4.98 Å². The van der Waals surface area contributed by atoms with E-state index < -0.39 is 0 Å². The average Bonchev–Trinajstić information content (AvgIpc) is 2.78. The summed E-state index contributed by atoms with van der Waals surface area (Å²) in [6.07, 6.45) is 3.78. The molecule has 0 amide bonds. The van der Waals surface area contributed by atoms with Crippen LogP contribution in [-0.4, -0.2) is 59.7 Å². The van der Waals surface area contributed by atoms with E-state index in [1.807, 2.05) is 11.3 Å². The minimum atomic E-state index is -0.319. The number of aliphatic hydroxyl groups is 1. The standard InChI is InChI=1S/C14H23N3OS/c1-16-6-7-17(2)10(9-16)8-13-15-14-11(18)4-3-5-12(14)19-13/h10-11,18H,3-9H2,1-2H3. The molecule has 4 nitrogen and oxygen atoms in total. The number of likely N-dealkylation sites (N-methyl/N-ethyl adjacent to an activating group) is 2. The highest BCUT2D eigenvalue weighted by molar-refractivity contribution is 7.11. The van der Waals surface area contributed by atoms with Crippen LogP contribution in [0, 0.1) is 0 Å². The Balaban J connectivity index is 1.73. The Morgan fingerprint density at radius 1 is 1.37 bits per heavy atom. The molecule has 0 spiro atoms. The molecule has 0 bridgehead atoms. The highest BCUT2D eigenvalue weighted by atomic mass is 32.1. The Bertz CT molecular complexity index is 448. The second-order valence-electron chi connectivity index (χ2n) is 5.92. The van der Waals surface area contributed by atoms with E-state index >= 15 is 0 Å². The van der Waals surface area contributed by atoms with Gasteiger partial charge in [-0.3, -0.25) is 0 Å². The third kappa shape index (κ3) is 2.84. The molecular formula is C14H23N3OS. The number of aliphatic hydroxyl groups excluding tert-OH is 1. The number of rotatable bonds is 2. The molecule has 1 aromatic rings. The van der Waals surface area contributed by atoms with Gasteiger partial charge in [0, 0.05) is 37.0 Å². The number of piperazine rings is 1. The van der Waals surface area contributed by atoms with Crippen molar-refractivity contribution >= 4 is 11.3 Å². The summed E-state index contributed by atoms with van der Waals surface area (Å²) in [6.45, 7) is 3.40. The first-order chi connectivity index (χ1) is 9.13. The predicted octanol–water partition coefficient (Wildman–Crippen LogP) is 1.30. The van der Waals surface area contributed by atoms with Gasteiger partial charge in [0.05, 0.1) is 16.8 Å². The molecule has 2 atom stereocenters. The molecule has 1 saturated heterocycles. The SMILES string of the molecule is CN1CCN(C)C(Cc2nc3c(s2)CCCC3O)C1. The van der Waals surface area contributed by atoms with E-state index in [9.17, 15) is 5.11 Å². The van der Waals surface area contributed by atoms with Crippen LogP contribution in [-0.2, 0) is 12.8 Å². The number of thiazole rings is 1. The maximum atomic E-state index is 10.0. The van der Waals surface area contributed by atoms with Crippen molar-refractivity contribution in [2.45, 2.75) is 37.8 Å². The quantitative estimate of drug-likeness (QED) is 0.887. The molecule has 106 valence electrons. The largest absolute Gasteiger partial charge is 0.387 e. The lowest BCUT2D eigenvalue weighted by molar-refractivity contribution is 0.114. The Morgan fingerprint density at radius 2 is 2.21 bits per heavy atom. The monoisotopic (exact) mass is 281 g/mol. The fourth-order valence-electron chi connectivity index (χ4n) is 3.06. The summed E-state index contributed by atoms with van der Waals surface area (Å²) in [7, 11) is 4.40. The molecular weight excluding hydrogens is 258 g/mol. The Hall–Kier alpha value is -0.490.